The number of rotatable bonds is 9. The predicted octanol–water partition coefficient (Wildman–Crippen LogP) is 4.62. The summed E-state index contributed by atoms with van der Waals surface area (Å²) in [6.07, 6.45) is 0.799. The highest BCUT2D eigenvalue weighted by Gasteiger charge is 2.23. The molecule has 0 fully saturated rings. The highest BCUT2D eigenvalue weighted by atomic mass is 32.1. The van der Waals surface area contributed by atoms with Crippen LogP contribution >= 0.6 is 11.3 Å². The van der Waals surface area contributed by atoms with Crippen molar-refractivity contribution in [1.82, 2.24) is 9.80 Å². The van der Waals surface area contributed by atoms with Crippen LogP contribution in [0.5, 0.6) is 0 Å². The number of carbonyl (C=O) groups is 2. The molecule has 1 aromatic heterocycles. The number of halogens is 1. The van der Waals surface area contributed by atoms with Gasteiger partial charge in [0.2, 0.25) is 11.8 Å². The van der Waals surface area contributed by atoms with Crippen molar-refractivity contribution in [3.8, 4) is 0 Å². The summed E-state index contributed by atoms with van der Waals surface area (Å²) in [6, 6.07) is 8.23. The fourth-order valence-corrected chi connectivity index (χ4v) is 3.87. The lowest BCUT2D eigenvalue weighted by atomic mass is 10.1. The van der Waals surface area contributed by atoms with Gasteiger partial charge in [-0.05, 0) is 48.1 Å². The van der Waals surface area contributed by atoms with Crippen molar-refractivity contribution in [2.24, 2.45) is 5.92 Å². The number of hydrogen-bond acceptors (Lipinski definition) is 3. The molecule has 0 aliphatic carbocycles. The molecule has 1 aromatic carbocycles. The third-order valence-electron chi connectivity index (χ3n) is 4.57. The van der Waals surface area contributed by atoms with Gasteiger partial charge in [0.05, 0.1) is 13.1 Å². The summed E-state index contributed by atoms with van der Waals surface area (Å²) < 4.78 is 13.2. The lowest BCUT2D eigenvalue weighted by Crippen LogP contribution is -2.44. The van der Waals surface area contributed by atoms with Gasteiger partial charge in [0.1, 0.15) is 5.82 Å². The monoisotopic (exact) mass is 404 g/mol. The zero-order valence-corrected chi connectivity index (χ0v) is 17.9. The Labute approximate surface area is 171 Å². The zero-order valence-electron chi connectivity index (χ0n) is 17.1. The van der Waals surface area contributed by atoms with E-state index in [0.717, 1.165) is 22.4 Å². The molecule has 2 aromatic rings. The summed E-state index contributed by atoms with van der Waals surface area (Å²) in [5.74, 6) is -0.555. The molecule has 0 unspecified atom stereocenters. The van der Waals surface area contributed by atoms with Gasteiger partial charge in [-0.1, -0.05) is 32.9 Å². The van der Waals surface area contributed by atoms with Gasteiger partial charge < -0.3 is 9.80 Å². The minimum atomic E-state index is -0.299. The van der Waals surface area contributed by atoms with Crippen molar-refractivity contribution >= 4 is 23.2 Å². The van der Waals surface area contributed by atoms with E-state index < -0.39 is 0 Å². The van der Waals surface area contributed by atoms with Crippen LogP contribution in [-0.4, -0.2) is 34.7 Å². The molecule has 2 rings (SSSR count). The van der Waals surface area contributed by atoms with Crippen LogP contribution in [0.3, 0.4) is 0 Å². The van der Waals surface area contributed by atoms with E-state index >= 15 is 0 Å². The van der Waals surface area contributed by atoms with E-state index in [4.69, 9.17) is 0 Å². The molecule has 4 nitrogen and oxygen atoms in total. The minimum absolute atomic E-state index is 0.00997. The van der Waals surface area contributed by atoms with Gasteiger partial charge in [0.25, 0.3) is 0 Å². The first-order valence-electron chi connectivity index (χ1n) is 9.65. The summed E-state index contributed by atoms with van der Waals surface area (Å²) in [4.78, 5) is 30.1. The summed E-state index contributed by atoms with van der Waals surface area (Å²) >= 11 is 1.61. The van der Waals surface area contributed by atoms with E-state index in [9.17, 15) is 14.0 Å². The van der Waals surface area contributed by atoms with Gasteiger partial charge in [0.15, 0.2) is 0 Å². The Kier molecular flexibility index (Phi) is 8.18. The van der Waals surface area contributed by atoms with Crippen molar-refractivity contribution in [2.75, 3.05) is 13.1 Å². The Balaban J connectivity index is 2.20. The Bertz CT molecular complexity index is 786. The van der Waals surface area contributed by atoms with Crippen molar-refractivity contribution in [3.63, 3.8) is 0 Å². The van der Waals surface area contributed by atoms with Crippen LogP contribution in [0.15, 0.2) is 35.7 Å². The van der Waals surface area contributed by atoms with E-state index in [1.807, 2.05) is 39.1 Å². The molecule has 2 amide bonds. The molecule has 0 atom stereocenters. The lowest BCUT2D eigenvalue weighted by Gasteiger charge is -2.28. The van der Waals surface area contributed by atoms with Crippen molar-refractivity contribution < 1.29 is 14.0 Å². The molecule has 0 bridgehead atoms. The first-order chi connectivity index (χ1) is 13.3. The van der Waals surface area contributed by atoms with Crippen LogP contribution in [0.2, 0.25) is 0 Å². The first kappa shape index (κ1) is 22.1. The highest BCUT2D eigenvalue weighted by Crippen LogP contribution is 2.20. The number of carbonyl (C=O) groups excluding carboxylic acids is 2. The number of benzene rings is 1. The average molecular weight is 405 g/mol. The molecule has 0 N–H and O–H groups in total. The maximum atomic E-state index is 13.2. The SMILES string of the molecule is CCCN(CC(=O)N(Cc1ccc(F)cc1)Cc1sccc1C)C(=O)C(C)C. The second kappa shape index (κ2) is 10.4. The quantitative estimate of drug-likeness (QED) is 0.612. The van der Waals surface area contributed by atoms with Crippen molar-refractivity contribution in [3.05, 3.63) is 57.5 Å². The third-order valence-corrected chi connectivity index (χ3v) is 5.58. The fourth-order valence-electron chi connectivity index (χ4n) is 2.95. The van der Waals surface area contributed by atoms with Crippen LogP contribution in [-0.2, 0) is 22.7 Å². The number of amides is 2. The van der Waals surface area contributed by atoms with E-state index in [-0.39, 0.29) is 30.1 Å². The van der Waals surface area contributed by atoms with Gasteiger partial charge in [-0.15, -0.1) is 11.3 Å². The predicted molar refractivity (Wildman–Crippen MR) is 111 cm³/mol. The van der Waals surface area contributed by atoms with Crippen LogP contribution in [0.25, 0.3) is 0 Å². The van der Waals surface area contributed by atoms with Gasteiger partial charge in [-0.2, -0.15) is 0 Å². The zero-order chi connectivity index (χ0) is 20.7. The van der Waals surface area contributed by atoms with Gasteiger partial charge in [-0.25, -0.2) is 4.39 Å². The van der Waals surface area contributed by atoms with E-state index in [1.165, 1.54) is 12.1 Å². The number of nitrogens with zero attached hydrogens (tertiary/aromatic N) is 2. The summed E-state index contributed by atoms with van der Waals surface area (Å²) in [5, 5.41) is 2.01. The standard InChI is InChI=1S/C22H29FN2O2S/c1-5-11-24(22(27)16(2)3)15-21(26)25(14-20-17(4)10-12-28-20)13-18-6-8-19(23)9-7-18/h6-10,12,16H,5,11,13-15H2,1-4H3. The molecule has 0 saturated carbocycles. The molecular formula is C22H29FN2O2S. The summed E-state index contributed by atoms with van der Waals surface area (Å²) in [6.45, 7) is 9.21. The van der Waals surface area contributed by atoms with Crippen LogP contribution in [0.4, 0.5) is 4.39 Å². The maximum Gasteiger partial charge on any atom is 0.242 e. The summed E-state index contributed by atoms with van der Waals surface area (Å²) in [5.41, 5.74) is 2.01. The van der Waals surface area contributed by atoms with E-state index in [1.54, 1.807) is 33.3 Å². The Hall–Kier alpha value is -2.21. The highest BCUT2D eigenvalue weighted by molar-refractivity contribution is 7.10. The van der Waals surface area contributed by atoms with Gasteiger partial charge in [-0.3, -0.25) is 9.59 Å². The molecule has 1 heterocycles. The Morgan fingerprint density at radius 3 is 2.29 bits per heavy atom. The molecule has 0 radical (unpaired) electrons. The average Bonchev–Trinajstić information content (AvgIpc) is 3.06. The van der Waals surface area contributed by atoms with E-state index in [2.05, 4.69) is 0 Å². The fraction of sp³-hybridized carbons (Fsp3) is 0.455. The second-order valence-electron chi connectivity index (χ2n) is 7.32. The van der Waals surface area contributed by atoms with Gasteiger partial charge in [0, 0.05) is 23.9 Å². The lowest BCUT2D eigenvalue weighted by molar-refractivity contribution is -0.143. The topological polar surface area (TPSA) is 40.6 Å². The second-order valence-corrected chi connectivity index (χ2v) is 8.32. The normalized spacial score (nSPS) is 10.9. The molecule has 28 heavy (non-hydrogen) atoms. The molecule has 6 heteroatoms. The smallest absolute Gasteiger partial charge is 0.242 e. The molecule has 0 spiro atoms. The molecule has 0 aliphatic heterocycles. The number of hydrogen-bond donors (Lipinski definition) is 0. The molecular weight excluding hydrogens is 375 g/mol. The van der Waals surface area contributed by atoms with Crippen molar-refractivity contribution in [2.45, 2.75) is 47.2 Å². The first-order valence-corrected chi connectivity index (χ1v) is 10.5. The van der Waals surface area contributed by atoms with Crippen LogP contribution in [0.1, 0.15) is 43.2 Å². The number of thiophene rings is 1. The van der Waals surface area contributed by atoms with E-state index in [0.29, 0.717) is 19.6 Å². The van der Waals surface area contributed by atoms with Gasteiger partial charge >= 0.3 is 0 Å². The molecule has 0 saturated heterocycles. The summed E-state index contributed by atoms with van der Waals surface area (Å²) in [7, 11) is 0. The van der Waals surface area contributed by atoms with Crippen LogP contribution < -0.4 is 0 Å². The Morgan fingerprint density at radius 2 is 1.75 bits per heavy atom. The molecule has 152 valence electrons. The third kappa shape index (κ3) is 6.16. The minimum Gasteiger partial charge on any atom is -0.333 e. The Morgan fingerprint density at radius 1 is 1.07 bits per heavy atom. The largest absolute Gasteiger partial charge is 0.333 e. The molecule has 0 aliphatic rings. The maximum absolute atomic E-state index is 13.2. The van der Waals surface area contributed by atoms with Crippen LogP contribution in [0, 0.1) is 18.7 Å². The number of aryl methyl sites for hydroxylation is 1. The van der Waals surface area contributed by atoms with Crippen molar-refractivity contribution in [1.29, 1.82) is 0 Å².